The van der Waals surface area contributed by atoms with Gasteiger partial charge in [-0.25, -0.2) is 4.39 Å². The summed E-state index contributed by atoms with van der Waals surface area (Å²) < 4.78 is 14.0. The fraction of sp³-hybridized carbons (Fsp3) is 0.333. The largest absolute Gasteiger partial charge is 0.207 e. The fourth-order valence-electron chi connectivity index (χ4n) is 2.91. The average molecular weight is 256 g/mol. The molecule has 0 unspecified atom stereocenters. The van der Waals surface area contributed by atoms with Gasteiger partial charge < -0.3 is 0 Å². The molecule has 0 fully saturated rings. The van der Waals surface area contributed by atoms with Crippen molar-refractivity contribution in [3.63, 3.8) is 0 Å². The topological polar surface area (TPSA) is 0 Å². The summed E-state index contributed by atoms with van der Waals surface area (Å²) in [6.45, 7) is 10.3. The Labute approximate surface area is 115 Å². The number of rotatable bonds is 2. The summed E-state index contributed by atoms with van der Waals surface area (Å²) in [5.41, 5.74) is 6.77. The van der Waals surface area contributed by atoms with E-state index < -0.39 is 0 Å². The van der Waals surface area contributed by atoms with E-state index in [1.54, 1.807) is 6.07 Å². The molecule has 0 nitrogen and oxygen atoms in total. The van der Waals surface area contributed by atoms with E-state index in [1.165, 1.54) is 16.7 Å². The molecule has 1 heteroatoms. The van der Waals surface area contributed by atoms with Gasteiger partial charge in [-0.3, -0.25) is 0 Å². The van der Waals surface area contributed by atoms with E-state index in [2.05, 4.69) is 32.0 Å². The Kier molecular flexibility index (Phi) is 3.75. The van der Waals surface area contributed by atoms with Crippen LogP contribution in [0.25, 0.3) is 11.1 Å². The fourth-order valence-corrected chi connectivity index (χ4v) is 2.91. The SMILES string of the molecule is Cc1cccc(C)c1-c1ccc(F)c(C(C)C)c1C. The monoisotopic (exact) mass is 256 g/mol. The number of hydrogen-bond acceptors (Lipinski definition) is 0. The summed E-state index contributed by atoms with van der Waals surface area (Å²) in [4.78, 5) is 0. The molecule has 0 aromatic heterocycles. The molecule has 2 aromatic carbocycles. The van der Waals surface area contributed by atoms with Gasteiger partial charge in [-0.2, -0.15) is 0 Å². The molecule has 0 bridgehead atoms. The number of hydrogen-bond donors (Lipinski definition) is 0. The van der Waals surface area contributed by atoms with E-state index in [4.69, 9.17) is 0 Å². The molecule has 0 heterocycles. The molecular weight excluding hydrogens is 235 g/mol. The molecule has 100 valence electrons. The third-order valence-electron chi connectivity index (χ3n) is 3.79. The van der Waals surface area contributed by atoms with Crippen molar-refractivity contribution in [1.29, 1.82) is 0 Å². The van der Waals surface area contributed by atoms with Crippen LogP contribution in [0.3, 0.4) is 0 Å². The first kappa shape index (κ1) is 13.8. The average Bonchev–Trinajstić information content (AvgIpc) is 2.31. The number of halogens is 1. The molecule has 19 heavy (non-hydrogen) atoms. The van der Waals surface area contributed by atoms with Gasteiger partial charge in [0.2, 0.25) is 0 Å². The lowest BCUT2D eigenvalue weighted by molar-refractivity contribution is 0.596. The quantitative estimate of drug-likeness (QED) is 0.661. The van der Waals surface area contributed by atoms with E-state index in [-0.39, 0.29) is 11.7 Å². The van der Waals surface area contributed by atoms with Gasteiger partial charge in [-0.15, -0.1) is 0 Å². The number of benzene rings is 2. The summed E-state index contributed by atoms with van der Waals surface area (Å²) in [7, 11) is 0. The normalized spacial score (nSPS) is 11.1. The molecule has 0 atom stereocenters. The smallest absolute Gasteiger partial charge is 0.126 e. The predicted molar refractivity (Wildman–Crippen MR) is 80.1 cm³/mol. The van der Waals surface area contributed by atoms with Crippen LogP contribution < -0.4 is 0 Å². The second-order valence-electron chi connectivity index (χ2n) is 5.56. The standard InChI is InChI=1S/C18H21F/c1-11(2)17-14(5)15(9-10-16(17)19)18-12(3)7-6-8-13(18)4/h6-11H,1-5H3. The zero-order valence-corrected chi connectivity index (χ0v) is 12.3. The third-order valence-corrected chi connectivity index (χ3v) is 3.79. The predicted octanol–water partition coefficient (Wildman–Crippen LogP) is 5.54. The second kappa shape index (κ2) is 5.16. The van der Waals surface area contributed by atoms with Crippen LogP contribution in [0.4, 0.5) is 4.39 Å². The zero-order chi connectivity index (χ0) is 14.2. The van der Waals surface area contributed by atoms with E-state index in [1.807, 2.05) is 26.8 Å². The molecule has 2 aromatic rings. The minimum Gasteiger partial charge on any atom is -0.207 e. The summed E-state index contributed by atoms with van der Waals surface area (Å²) in [6, 6.07) is 9.80. The maximum Gasteiger partial charge on any atom is 0.126 e. The van der Waals surface area contributed by atoms with Gasteiger partial charge in [0.25, 0.3) is 0 Å². The van der Waals surface area contributed by atoms with Crippen LogP contribution in [0.2, 0.25) is 0 Å². The van der Waals surface area contributed by atoms with E-state index >= 15 is 0 Å². The van der Waals surface area contributed by atoms with Gasteiger partial charge in [0.05, 0.1) is 0 Å². The minimum atomic E-state index is -0.0949. The van der Waals surface area contributed by atoms with Crippen LogP contribution >= 0.6 is 0 Å². The molecule has 0 aliphatic heterocycles. The molecule has 0 radical (unpaired) electrons. The highest BCUT2D eigenvalue weighted by Crippen LogP contribution is 2.34. The van der Waals surface area contributed by atoms with Crippen LogP contribution in [0.1, 0.15) is 42.0 Å². The lowest BCUT2D eigenvalue weighted by Crippen LogP contribution is -2.00. The molecule has 0 amide bonds. The van der Waals surface area contributed by atoms with Crippen molar-refractivity contribution >= 4 is 0 Å². The van der Waals surface area contributed by atoms with Crippen molar-refractivity contribution in [3.8, 4) is 11.1 Å². The van der Waals surface area contributed by atoms with Crippen LogP contribution in [0.15, 0.2) is 30.3 Å². The van der Waals surface area contributed by atoms with Gasteiger partial charge in [0.1, 0.15) is 5.82 Å². The van der Waals surface area contributed by atoms with Gasteiger partial charge in [0.15, 0.2) is 0 Å². The maximum absolute atomic E-state index is 14.0. The van der Waals surface area contributed by atoms with Crippen molar-refractivity contribution < 1.29 is 4.39 Å². The summed E-state index contributed by atoms with van der Waals surface area (Å²) in [6.07, 6.45) is 0. The van der Waals surface area contributed by atoms with E-state index in [0.29, 0.717) is 0 Å². The molecule has 0 aliphatic rings. The third kappa shape index (κ3) is 2.42. The molecule has 0 aliphatic carbocycles. The van der Waals surface area contributed by atoms with Gasteiger partial charge in [-0.05, 0) is 66.1 Å². The van der Waals surface area contributed by atoms with Crippen molar-refractivity contribution in [1.82, 2.24) is 0 Å². The first-order valence-electron chi connectivity index (χ1n) is 6.79. The van der Waals surface area contributed by atoms with Crippen molar-refractivity contribution in [3.05, 3.63) is 58.4 Å². The Bertz CT molecular complexity index is 589. The Morgan fingerprint density at radius 3 is 2.00 bits per heavy atom. The van der Waals surface area contributed by atoms with Gasteiger partial charge in [-0.1, -0.05) is 38.1 Å². The molecule has 0 N–H and O–H groups in total. The van der Waals surface area contributed by atoms with E-state index in [9.17, 15) is 4.39 Å². The van der Waals surface area contributed by atoms with Crippen LogP contribution in [0.5, 0.6) is 0 Å². The van der Waals surface area contributed by atoms with Crippen LogP contribution in [0, 0.1) is 26.6 Å². The summed E-state index contributed by atoms with van der Waals surface area (Å²) >= 11 is 0. The Morgan fingerprint density at radius 2 is 1.47 bits per heavy atom. The second-order valence-corrected chi connectivity index (χ2v) is 5.56. The minimum absolute atomic E-state index is 0.0949. The van der Waals surface area contributed by atoms with Crippen molar-refractivity contribution in [2.75, 3.05) is 0 Å². The van der Waals surface area contributed by atoms with Gasteiger partial charge in [0, 0.05) is 0 Å². The highest BCUT2D eigenvalue weighted by molar-refractivity contribution is 5.74. The Morgan fingerprint density at radius 1 is 0.895 bits per heavy atom. The molecule has 0 saturated heterocycles. The summed E-state index contributed by atoms with van der Waals surface area (Å²) in [5, 5.41) is 0. The van der Waals surface area contributed by atoms with Crippen LogP contribution in [-0.2, 0) is 0 Å². The molecule has 0 saturated carbocycles. The molecule has 2 rings (SSSR count). The van der Waals surface area contributed by atoms with Crippen LogP contribution in [-0.4, -0.2) is 0 Å². The molecule has 0 spiro atoms. The van der Waals surface area contributed by atoms with Crippen molar-refractivity contribution in [2.45, 2.75) is 40.5 Å². The zero-order valence-electron chi connectivity index (χ0n) is 12.3. The highest BCUT2D eigenvalue weighted by Gasteiger charge is 2.16. The maximum atomic E-state index is 14.0. The number of aryl methyl sites for hydroxylation is 2. The molecular formula is C18H21F. The first-order chi connectivity index (χ1) is 8.93. The lowest BCUT2D eigenvalue weighted by Gasteiger charge is -2.18. The first-order valence-corrected chi connectivity index (χ1v) is 6.79. The Balaban J connectivity index is 2.74. The highest BCUT2D eigenvalue weighted by atomic mass is 19.1. The summed E-state index contributed by atoms with van der Waals surface area (Å²) in [5.74, 6) is 0.103. The van der Waals surface area contributed by atoms with E-state index in [0.717, 1.165) is 16.7 Å². The Hall–Kier alpha value is -1.63. The van der Waals surface area contributed by atoms with Gasteiger partial charge >= 0.3 is 0 Å². The van der Waals surface area contributed by atoms with Crippen molar-refractivity contribution in [2.24, 2.45) is 0 Å². The lowest BCUT2D eigenvalue weighted by atomic mass is 9.87.